The topological polar surface area (TPSA) is 82.0 Å². The summed E-state index contributed by atoms with van der Waals surface area (Å²) in [4.78, 5) is 20.0. The molecule has 1 aliphatic rings. The van der Waals surface area contributed by atoms with E-state index in [1.54, 1.807) is 30.1 Å². The van der Waals surface area contributed by atoms with Crippen LogP contribution in [0, 0.1) is 19.7 Å². The number of nitrogens with one attached hydrogen (secondary N) is 1. The van der Waals surface area contributed by atoms with Gasteiger partial charge in [-0.1, -0.05) is 13.8 Å². The van der Waals surface area contributed by atoms with Crippen molar-refractivity contribution in [1.29, 1.82) is 0 Å². The monoisotopic (exact) mass is 438 g/mol. The Morgan fingerprint density at radius 2 is 2.00 bits per heavy atom. The molecular formula is C24H27FN4O3. The molecule has 8 heteroatoms. The lowest BCUT2D eigenvalue weighted by atomic mass is 9.97. The van der Waals surface area contributed by atoms with E-state index in [0.29, 0.717) is 57.7 Å². The molecule has 0 saturated carbocycles. The molecule has 4 heterocycles. The van der Waals surface area contributed by atoms with E-state index >= 15 is 4.39 Å². The molecule has 0 radical (unpaired) electrons. The fourth-order valence-electron chi connectivity index (χ4n) is 4.35. The smallest absolute Gasteiger partial charge is 0.259 e. The first-order valence-corrected chi connectivity index (χ1v) is 10.8. The van der Waals surface area contributed by atoms with Crippen molar-refractivity contribution in [3.8, 4) is 17.0 Å². The third-order valence-corrected chi connectivity index (χ3v) is 5.75. The molecule has 0 amide bonds. The number of fused-ring (bicyclic) bond motifs is 3. The van der Waals surface area contributed by atoms with Gasteiger partial charge in [0.15, 0.2) is 0 Å². The van der Waals surface area contributed by atoms with Crippen molar-refractivity contribution in [2.45, 2.75) is 40.2 Å². The van der Waals surface area contributed by atoms with Crippen LogP contribution in [0.3, 0.4) is 0 Å². The zero-order valence-electron chi connectivity index (χ0n) is 19.0. The van der Waals surface area contributed by atoms with Gasteiger partial charge in [0.1, 0.15) is 5.82 Å². The van der Waals surface area contributed by atoms with Crippen LogP contribution in [0.5, 0.6) is 5.88 Å². The minimum Gasteiger partial charge on any atom is -0.481 e. The Labute approximate surface area is 185 Å². The second kappa shape index (κ2) is 8.70. The van der Waals surface area contributed by atoms with Gasteiger partial charge in [0.05, 0.1) is 42.4 Å². The third-order valence-electron chi connectivity index (χ3n) is 5.75. The van der Waals surface area contributed by atoms with Gasteiger partial charge in [-0.3, -0.25) is 9.48 Å². The third kappa shape index (κ3) is 3.54. The molecule has 7 nitrogen and oxygen atoms in total. The molecule has 0 aliphatic carbocycles. The van der Waals surface area contributed by atoms with Gasteiger partial charge in [0.2, 0.25) is 5.88 Å². The number of aryl methyl sites for hydroxylation is 2. The van der Waals surface area contributed by atoms with Crippen molar-refractivity contribution >= 4 is 21.8 Å². The van der Waals surface area contributed by atoms with E-state index in [0.717, 1.165) is 12.0 Å². The van der Waals surface area contributed by atoms with Crippen LogP contribution < -0.4 is 10.3 Å². The van der Waals surface area contributed by atoms with Crippen LogP contribution in [-0.2, 0) is 4.74 Å². The predicted octanol–water partition coefficient (Wildman–Crippen LogP) is 4.69. The number of methoxy groups -OCH3 is 1. The van der Waals surface area contributed by atoms with Crippen molar-refractivity contribution in [1.82, 2.24) is 19.7 Å². The summed E-state index contributed by atoms with van der Waals surface area (Å²) in [5.41, 5.74) is 3.51. The Hall–Kier alpha value is -3.26. The maximum Gasteiger partial charge on any atom is 0.259 e. The molecule has 1 fully saturated rings. The van der Waals surface area contributed by atoms with Gasteiger partial charge >= 0.3 is 0 Å². The first-order chi connectivity index (χ1) is 15.5. The summed E-state index contributed by atoms with van der Waals surface area (Å²) in [5.74, 6) is 0.0946. The Balaban J connectivity index is 0.00000119. The molecule has 0 unspecified atom stereocenters. The number of pyridine rings is 2. The van der Waals surface area contributed by atoms with Crippen LogP contribution in [0.4, 0.5) is 4.39 Å². The van der Waals surface area contributed by atoms with Gasteiger partial charge in [-0.05, 0) is 38.0 Å². The molecule has 5 rings (SSSR count). The number of H-pyrrole nitrogens is 1. The number of hydrogen-bond acceptors (Lipinski definition) is 5. The lowest BCUT2D eigenvalue weighted by molar-refractivity contribution is 0.185. The summed E-state index contributed by atoms with van der Waals surface area (Å²) in [7, 11) is 1.55. The first-order valence-electron chi connectivity index (χ1n) is 10.8. The highest BCUT2D eigenvalue weighted by Gasteiger charge is 2.23. The van der Waals surface area contributed by atoms with Crippen molar-refractivity contribution in [2.24, 2.45) is 0 Å². The summed E-state index contributed by atoms with van der Waals surface area (Å²) >= 11 is 0. The average Bonchev–Trinajstić information content (AvgIpc) is 3.46. The van der Waals surface area contributed by atoms with Gasteiger partial charge in [-0.25, -0.2) is 9.37 Å². The number of hydrogen-bond donors (Lipinski definition) is 1. The maximum atomic E-state index is 15.4. The van der Waals surface area contributed by atoms with Gasteiger partial charge in [0, 0.05) is 34.9 Å². The maximum absolute atomic E-state index is 15.4. The van der Waals surface area contributed by atoms with Crippen LogP contribution >= 0.6 is 0 Å². The highest BCUT2D eigenvalue weighted by atomic mass is 19.1. The second-order valence-corrected chi connectivity index (χ2v) is 7.64. The number of ether oxygens (including phenoxy) is 2. The zero-order chi connectivity index (χ0) is 23.0. The van der Waals surface area contributed by atoms with Gasteiger partial charge < -0.3 is 14.5 Å². The molecular weight excluding hydrogens is 411 g/mol. The van der Waals surface area contributed by atoms with Gasteiger partial charge in [-0.15, -0.1) is 0 Å². The number of benzene rings is 1. The van der Waals surface area contributed by atoms with Crippen molar-refractivity contribution in [3.63, 3.8) is 0 Å². The molecule has 1 aliphatic heterocycles. The zero-order valence-corrected chi connectivity index (χ0v) is 19.0. The fourth-order valence-corrected chi connectivity index (χ4v) is 4.35. The van der Waals surface area contributed by atoms with E-state index < -0.39 is 0 Å². The molecule has 32 heavy (non-hydrogen) atoms. The average molecular weight is 439 g/mol. The molecule has 1 N–H and O–H groups in total. The predicted molar refractivity (Wildman–Crippen MR) is 123 cm³/mol. The Bertz CT molecular complexity index is 1330. The molecule has 1 aromatic carbocycles. The molecule has 4 aromatic rings. The number of rotatable bonds is 3. The first kappa shape index (κ1) is 22.0. The van der Waals surface area contributed by atoms with Gasteiger partial charge in [-0.2, -0.15) is 5.10 Å². The lowest BCUT2D eigenvalue weighted by Gasteiger charge is -2.15. The second-order valence-electron chi connectivity index (χ2n) is 7.64. The highest BCUT2D eigenvalue weighted by Crippen LogP contribution is 2.35. The summed E-state index contributed by atoms with van der Waals surface area (Å²) < 4.78 is 27.9. The van der Waals surface area contributed by atoms with E-state index in [4.69, 9.17) is 9.47 Å². The van der Waals surface area contributed by atoms with E-state index in [2.05, 4.69) is 15.1 Å². The molecule has 1 atom stereocenters. The molecule has 0 bridgehead atoms. The van der Waals surface area contributed by atoms with Crippen molar-refractivity contribution in [3.05, 3.63) is 51.8 Å². The number of halogens is 1. The Morgan fingerprint density at radius 1 is 1.22 bits per heavy atom. The standard InChI is InChI=1S/C22H21FN4O3.C2H6/c1-11-6-19(29-3)25-12(2)20(11)14-8-18-15(7-17(14)23)21-16(22(28)26-18)9-24-27(21)13-4-5-30-10-13;1-2/h6-9,13H,4-5,10H2,1-3H3,(H,26,28);1-2H3/t13-;/m0./s1. The normalized spacial score (nSPS) is 15.8. The minimum absolute atomic E-state index is 0.0329. The van der Waals surface area contributed by atoms with Crippen molar-refractivity contribution in [2.75, 3.05) is 20.3 Å². The van der Waals surface area contributed by atoms with Crippen LogP contribution in [0.15, 0.2) is 29.2 Å². The van der Waals surface area contributed by atoms with E-state index in [1.165, 1.54) is 6.07 Å². The number of nitrogens with zero attached hydrogens (tertiary/aromatic N) is 3. The van der Waals surface area contributed by atoms with Crippen molar-refractivity contribution < 1.29 is 13.9 Å². The summed E-state index contributed by atoms with van der Waals surface area (Å²) in [6.07, 6.45) is 2.35. The SMILES string of the molecule is CC.COc1cc(C)c(-c2cc3[nH]c(=O)c4cnn([C@H]5CCOC5)c4c3cc2F)c(C)n1. The van der Waals surface area contributed by atoms with E-state index in [-0.39, 0.29) is 17.4 Å². The minimum atomic E-state index is -0.385. The summed E-state index contributed by atoms with van der Waals surface area (Å²) in [6, 6.07) is 4.95. The van der Waals surface area contributed by atoms with Crippen LogP contribution in [-0.4, -0.2) is 40.1 Å². The van der Waals surface area contributed by atoms with Crippen LogP contribution in [0.2, 0.25) is 0 Å². The van der Waals surface area contributed by atoms with Crippen LogP contribution in [0.25, 0.3) is 32.9 Å². The summed E-state index contributed by atoms with van der Waals surface area (Å²) in [5, 5.41) is 5.48. The lowest BCUT2D eigenvalue weighted by Crippen LogP contribution is -2.12. The molecule has 3 aromatic heterocycles. The Morgan fingerprint density at radius 3 is 2.66 bits per heavy atom. The molecule has 168 valence electrons. The molecule has 1 saturated heterocycles. The summed E-state index contributed by atoms with van der Waals surface area (Å²) in [6.45, 7) is 8.88. The fraction of sp³-hybridized carbons (Fsp3) is 0.375. The van der Waals surface area contributed by atoms with E-state index in [9.17, 15) is 4.79 Å². The quantitative estimate of drug-likeness (QED) is 0.502. The number of aromatic nitrogens is 4. The highest BCUT2D eigenvalue weighted by molar-refractivity contribution is 6.04. The number of aromatic amines is 1. The van der Waals surface area contributed by atoms with Gasteiger partial charge in [0.25, 0.3) is 5.56 Å². The van der Waals surface area contributed by atoms with Crippen LogP contribution in [0.1, 0.15) is 37.6 Å². The molecule has 0 spiro atoms. The Kier molecular flexibility index (Phi) is 5.97. The largest absolute Gasteiger partial charge is 0.481 e. The van der Waals surface area contributed by atoms with E-state index in [1.807, 2.05) is 27.7 Å².